The number of aryl methyl sites for hydroxylation is 1. The average molecular weight is 308 g/mol. The van der Waals surface area contributed by atoms with Crippen LogP contribution >= 0.6 is 11.6 Å². The lowest BCUT2D eigenvalue weighted by Gasteiger charge is -2.10. The number of nitrogens with one attached hydrogen (secondary N) is 1. The topological polar surface area (TPSA) is 38.3 Å². The Morgan fingerprint density at radius 2 is 2.05 bits per heavy atom. The molecule has 0 saturated carbocycles. The summed E-state index contributed by atoms with van der Waals surface area (Å²) >= 11 is 5.84. The Bertz CT molecular complexity index is 646. The normalized spacial score (nSPS) is 10.2. The molecule has 0 aliphatic carbocycles. The van der Waals surface area contributed by atoms with Crippen LogP contribution in [0, 0.1) is 12.7 Å². The van der Waals surface area contributed by atoms with Gasteiger partial charge in [-0.15, -0.1) is 0 Å². The lowest BCUT2D eigenvalue weighted by atomic mass is 10.1. The van der Waals surface area contributed by atoms with E-state index in [4.69, 9.17) is 16.3 Å². The van der Waals surface area contributed by atoms with Crippen molar-refractivity contribution in [3.63, 3.8) is 0 Å². The van der Waals surface area contributed by atoms with Crippen LogP contribution in [0.3, 0.4) is 0 Å². The zero-order chi connectivity index (χ0) is 15.2. The van der Waals surface area contributed by atoms with Crippen molar-refractivity contribution in [2.24, 2.45) is 0 Å². The number of amides is 1. The van der Waals surface area contributed by atoms with E-state index in [1.165, 1.54) is 18.2 Å². The first-order valence-corrected chi connectivity index (χ1v) is 6.87. The smallest absolute Gasteiger partial charge is 0.251 e. The second kappa shape index (κ2) is 7.09. The molecule has 110 valence electrons. The van der Waals surface area contributed by atoms with E-state index in [1.807, 2.05) is 25.1 Å². The summed E-state index contributed by atoms with van der Waals surface area (Å²) in [6, 6.07) is 11.3. The second-order valence-electron chi connectivity index (χ2n) is 4.49. The quantitative estimate of drug-likeness (QED) is 0.857. The highest BCUT2D eigenvalue weighted by molar-refractivity contribution is 6.32. The van der Waals surface area contributed by atoms with Gasteiger partial charge in [-0.25, -0.2) is 4.39 Å². The molecule has 1 N–H and O–H groups in total. The molecule has 0 unspecified atom stereocenters. The van der Waals surface area contributed by atoms with Crippen LogP contribution in [0.2, 0.25) is 5.02 Å². The van der Waals surface area contributed by atoms with Gasteiger partial charge in [-0.2, -0.15) is 0 Å². The molecule has 5 heteroatoms. The van der Waals surface area contributed by atoms with Gasteiger partial charge < -0.3 is 10.1 Å². The third-order valence-electron chi connectivity index (χ3n) is 2.93. The SMILES string of the molecule is Cc1ccccc1C(=O)NCCOc1ccc(F)cc1Cl. The Morgan fingerprint density at radius 3 is 2.76 bits per heavy atom. The molecule has 0 radical (unpaired) electrons. The molecule has 0 heterocycles. The molecule has 1 amide bonds. The van der Waals surface area contributed by atoms with Crippen molar-refractivity contribution >= 4 is 17.5 Å². The van der Waals surface area contributed by atoms with Crippen molar-refractivity contribution in [2.75, 3.05) is 13.2 Å². The van der Waals surface area contributed by atoms with Crippen molar-refractivity contribution in [1.82, 2.24) is 5.32 Å². The van der Waals surface area contributed by atoms with Gasteiger partial charge in [0.2, 0.25) is 0 Å². The molecule has 0 spiro atoms. The summed E-state index contributed by atoms with van der Waals surface area (Å²) < 4.78 is 18.3. The highest BCUT2D eigenvalue weighted by Gasteiger charge is 2.07. The highest BCUT2D eigenvalue weighted by Crippen LogP contribution is 2.24. The van der Waals surface area contributed by atoms with Crippen LogP contribution in [0.4, 0.5) is 4.39 Å². The number of rotatable bonds is 5. The van der Waals surface area contributed by atoms with Gasteiger partial charge >= 0.3 is 0 Å². The summed E-state index contributed by atoms with van der Waals surface area (Å²) in [5.74, 6) is -0.176. The van der Waals surface area contributed by atoms with Crippen molar-refractivity contribution in [3.05, 3.63) is 64.4 Å². The fourth-order valence-electron chi connectivity index (χ4n) is 1.84. The standard InChI is InChI=1S/C16H15ClFNO2/c1-11-4-2-3-5-13(11)16(20)19-8-9-21-15-7-6-12(18)10-14(15)17/h2-7,10H,8-9H2,1H3,(H,19,20). The lowest BCUT2D eigenvalue weighted by Crippen LogP contribution is -2.28. The van der Waals surface area contributed by atoms with E-state index in [-0.39, 0.29) is 17.5 Å². The fraction of sp³-hybridized carbons (Fsp3) is 0.188. The summed E-state index contributed by atoms with van der Waals surface area (Å²) in [6.07, 6.45) is 0. The summed E-state index contributed by atoms with van der Waals surface area (Å²) in [5.41, 5.74) is 1.55. The highest BCUT2D eigenvalue weighted by atomic mass is 35.5. The summed E-state index contributed by atoms with van der Waals surface area (Å²) in [5, 5.41) is 2.97. The second-order valence-corrected chi connectivity index (χ2v) is 4.90. The van der Waals surface area contributed by atoms with Gasteiger partial charge in [0.05, 0.1) is 11.6 Å². The van der Waals surface area contributed by atoms with Crippen LogP contribution in [-0.4, -0.2) is 19.1 Å². The first-order chi connectivity index (χ1) is 10.1. The average Bonchev–Trinajstić information content (AvgIpc) is 2.45. The number of halogens is 2. The molecule has 0 bridgehead atoms. The number of hydrogen-bond acceptors (Lipinski definition) is 2. The van der Waals surface area contributed by atoms with Crippen LogP contribution in [-0.2, 0) is 0 Å². The van der Waals surface area contributed by atoms with Crippen LogP contribution in [0.1, 0.15) is 15.9 Å². The predicted molar refractivity (Wildman–Crippen MR) is 80.4 cm³/mol. The molecule has 0 aromatic heterocycles. The maximum atomic E-state index is 12.9. The van der Waals surface area contributed by atoms with Crippen molar-refractivity contribution in [2.45, 2.75) is 6.92 Å². The minimum absolute atomic E-state index is 0.151. The van der Waals surface area contributed by atoms with Crippen molar-refractivity contribution in [3.8, 4) is 5.75 Å². The van der Waals surface area contributed by atoms with Crippen LogP contribution in [0.15, 0.2) is 42.5 Å². The Kier molecular flexibility index (Phi) is 5.17. The van der Waals surface area contributed by atoms with Crippen molar-refractivity contribution in [1.29, 1.82) is 0 Å². The van der Waals surface area contributed by atoms with Gasteiger partial charge in [0.25, 0.3) is 5.91 Å². The molecule has 0 aliphatic rings. The molecule has 0 fully saturated rings. The monoisotopic (exact) mass is 307 g/mol. The molecular formula is C16H15ClFNO2. The van der Waals surface area contributed by atoms with E-state index in [0.29, 0.717) is 17.9 Å². The van der Waals surface area contributed by atoms with Crippen LogP contribution in [0.5, 0.6) is 5.75 Å². The Morgan fingerprint density at radius 1 is 1.29 bits per heavy atom. The first kappa shape index (κ1) is 15.3. The van der Waals surface area contributed by atoms with Gasteiger partial charge in [-0.05, 0) is 36.8 Å². The molecule has 3 nitrogen and oxygen atoms in total. The van der Waals surface area contributed by atoms with E-state index >= 15 is 0 Å². The number of ether oxygens (including phenoxy) is 1. The third-order valence-corrected chi connectivity index (χ3v) is 3.22. The number of carbonyl (C=O) groups excluding carboxylic acids is 1. The third kappa shape index (κ3) is 4.20. The Labute approximate surface area is 127 Å². The lowest BCUT2D eigenvalue weighted by molar-refractivity contribution is 0.0946. The van der Waals surface area contributed by atoms with E-state index < -0.39 is 5.82 Å². The number of hydrogen-bond donors (Lipinski definition) is 1. The van der Waals surface area contributed by atoms with E-state index in [2.05, 4.69) is 5.32 Å². The van der Waals surface area contributed by atoms with Gasteiger partial charge in [0, 0.05) is 5.56 Å². The minimum atomic E-state index is -0.416. The Hall–Kier alpha value is -2.07. The molecule has 0 atom stereocenters. The van der Waals surface area contributed by atoms with E-state index in [9.17, 15) is 9.18 Å². The number of benzene rings is 2. The summed E-state index contributed by atoms with van der Waals surface area (Å²) in [6.45, 7) is 2.47. The van der Waals surface area contributed by atoms with Crippen LogP contribution in [0.25, 0.3) is 0 Å². The summed E-state index contributed by atoms with van der Waals surface area (Å²) in [7, 11) is 0. The van der Waals surface area contributed by atoms with Crippen molar-refractivity contribution < 1.29 is 13.9 Å². The Balaban J connectivity index is 1.82. The molecule has 2 rings (SSSR count). The van der Waals surface area contributed by atoms with Crippen LogP contribution < -0.4 is 10.1 Å². The molecule has 2 aromatic carbocycles. The largest absolute Gasteiger partial charge is 0.490 e. The van der Waals surface area contributed by atoms with E-state index in [0.717, 1.165) is 5.56 Å². The zero-order valence-electron chi connectivity index (χ0n) is 11.5. The fourth-order valence-corrected chi connectivity index (χ4v) is 2.06. The van der Waals surface area contributed by atoms with Gasteiger partial charge in [0.1, 0.15) is 18.2 Å². The maximum absolute atomic E-state index is 12.9. The zero-order valence-corrected chi connectivity index (χ0v) is 12.3. The predicted octanol–water partition coefficient (Wildman–Crippen LogP) is 3.60. The molecular weight excluding hydrogens is 293 g/mol. The minimum Gasteiger partial charge on any atom is -0.490 e. The van der Waals surface area contributed by atoms with Gasteiger partial charge in [0.15, 0.2) is 0 Å². The summed E-state index contributed by atoms with van der Waals surface area (Å²) in [4.78, 5) is 11.9. The van der Waals surface area contributed by atoms with Gasteiger partial charge in [-0.1, -0.05) is 29.8 Å². The molecule has 0 saturated heterocycles. The van der Waals surface area contributed by atoms with Gasteiger partial charge in [-0.3, -0.25) is 4.79 Å². The number of carbonyl (C=O) groups is 1. The molecule has 2 aromatic rings. The molecule has 0 aliphatic heterocycles. The molecule has 21 heavy (non-hydrogen) atoms. The maximum Gasteiger partial charge on any atom is 0.251 e. The first-order valence-electron chi connectivity index (χ1n) is 6.49. The van der Waals surface area contributed by atoms with E-state index in [1.54, 1.807) is 6.07 Å².